The number of aryl methyl sites for hydroxylation is 2. The van der Waals surface area contributed by atoms with Crippen molar-refractivity contribution in [3.05, 3.63) is 86.7 Å². The fourth-order valence-corrected chi connectivity index (χ4v) is 3.73. The van der Waals surface area contributed by atoms with Gasteiger partial charge in [-0.3, -0.25) is 4.79 Å². The quantitative estimate of drug-likeness (QED) is 0.341. The number of carbonyl (C=O) groups is 1. The maximum atomic E-state index is 12.9. The van der Waals surface area contributed by atoms with Gasteiger partial charge >= 0.3 is 0 Å². The summed E-state index contributed by atoms with van der Waals surface area (Å²) in [6.45, 7) is 11.2. The van der Waals surface area contributed by atoms with Gasteiger partial charge in [0.1, 0.15) is 0 Å². The highest BCUT2D eigenvalue weighted by Gasteiger charge is 2.28. The van der Waals surface area contributed by atoms with Crippen LogP contribution in [0.15, 0.2) is 53.0 Å². The molecule has 4 rings (SSSR count). The molecule has 0 N–H and O–H groups in total. The first kappa shape index (κ1) is 15.8. The molecule has 2 nitrogen and oxygen atoms in total. The topological polar surface area (TPSA) is 21.4 Å². The van der Waals surface area contributed by atoms with Crippen molar-refractivity contribution < 1.29 is 4.79 Å². The largest absolute Gasteiger partial charge is 0.289 e. The van der Waals surface area contributed by atoms with E-state index < -0.39 is 0 Å². The van der Waals surface area contributed by atoms with Crippen molar-refractivity contribution in [3.63, 3.8) is 0 Å². The minimum Gasteiger partial charge on any atom is -0.289 e. The third-order valence-corrected chi connectivity index (χ3v) is 5.60. The number of benzene rings is 3. The number of fused-ring (bicyclic) bond motifs is 3. The van der Waals surface area contributed by atoms with Gasteiger partial charge in [-0.25, -0.2) is 4.85 Å². The Bertz CT molecular complexity index is 1090. The number of hydrogen-bond donors (Lipinski definition) is 0. The molecule has 0 radical (unpaired) electrons. The zero-order valence-corrected chi connectivity index (χ0v) is 15.4. The Morgan fingerprint density at radius 1 is 0.800 bits per heavy atom. The van der Waals surface area contributed by atoms with Gasteiger partial charge in [-0.15, -0.1) is 0 Å². The molecule has 0 unspecified atom stereocenters. The average Bonchev–Trinajstić information content (AvgIpc) is 2.86. The molecule has 0 aromatic heterocycles. The van der Waals surface area contributed by atoms with Gasteiger partial charge < -0.3 is 0 Å². The van der Waals surface area contributed by atoms with Crippen LogP contribution in [0.2, 0.25) is 0 Å². The molecule has 0 atom stereocenters. The van der Waals surface area contributed by atoms with Crippen LogP contribution in [0.5, 0.6) is 0 Å². The van der Waals surface area contributed by atoms with Gasteiger partial charge in [0.25, 0.3) is 0 Å². The predicted molar refractivity (Wildman–Crippen MR) is 104 cm³/mol. The Kier molecular flexibility index (Phi) is 3.59. The average molecular weight is 388 g/mol. The molecule has 3 heteroatoms. The van der Waals surface area contributed by atoms with Gasteiger partial charge in [-0.1, -0.05) is 46.3 Å². The lowest BCUT2D eigenvalue weighted by Gasteiger charge is -2.10. The van der Waals surface area contributed by atoms with Crippen molar-refractivity contribution in [3.8, 4) is 22.3 Å². The summed E-state index contributed by atoms with van der Waals surface area (Å²) >= 11 is 3.52. The lowest BCUT2D eigenvalue weighted by Crippen LogP contribution is -1.96. The maximum Gasteiger partial charge on any atom is 0.194 e. The Balaban J connectivity index is 1.90. The molecule has 0 bridgehead atoms. The standard InChI is InChI=1S/C22H14BrNO/c1-12-8-17-18-9-13(2)21(23)11-20(18)22(25)19(17)10-16(12)14-4-6-15(24-3)7-5-14/h4-11H,1-2H3. The lowest BCUT2D eigenvalue weighted by atomic mass is 9.94. The van der Waals surface area contributed by atoms with Crippen molar-refractivity contribution in [2.24, 2.45) is 0 Å². The van der Waals surface area contributed by atoms with Gasteiger partial charge in [0.05, 0.1) is 6.57 Å². The first-order valence-electron chi connectivity index (χ1n) is 7.97. The van der Waals surface area contributed by atoms with Crippen molar-refractivity contribution in [2.45, 2.75) is 13.8 Å². The summed E-state index contributed by atoms with van der Waals surface area (Å²) in [5.41, 5.74) is 8.45. The fraction of sp³-hybridized carbons (Fsp3) is 0.0909. The lowest BCUT2D eigenvalue weighted by molar-refractivity contribution is 0.104. The fourth-order valence-electron chi connectivity index (χ4n) is 3.38. The number of hydrogen-bond acceptors (Lipinski definition) is 1. The first-order chi connectivity index (χ1) is 12.0. The third-order valence-electron chi connectivity index (χ3n) is 4.75. The molecule has 1 aliphatic rings. The van der Waals surface area contributed by atoms with Crippen LogP contribution in [0, 0.1) is 20.4 Å². The molecule has 0 aliphatic heterocycles. The van der Waals surface area contributed by atoms with Crippen LogP contribution < -0.4 is 0 Å². The Hall–Kier alpha value is -2.70. The van der Waals surface area contributed by atoms with Crippen LogP contribution in [-0.2, 0) is 0 Å². The monoisotopic (exact) mass is 387 g/mol. The molecule has 25 heavy (non-hydrogen) atoms. The van der Waals surface area contributed by atoms with Crippen LogP contribution in [0.25, 0.3) is 27.1 Å². The minimum atomic E-state index is 0.0738. The first-order valence-corrected chi connectivity index (χ1v) is 8.76. The highest BCUT2D eigenvalue weighted by molar-refractivity contribution is 9.10. The smallest absolute Gasteiger partial charge is 0.194 e. The molecular weight excluding hydrogens is 374 g/mol. The summed E-state index contributed by atoms with van der Waals surface area (Å²) in [5.74, 6) is 0.0738. The number of carbonyl (C=O) groups excluding carboxylic acids is 1. The predicted octanol–water partition coefficient (Wildman–Crippen LogP) is 6.50. The van der Waals surface area contributed by atoms with Crippen molar-refractivity contribution >= 4 is 27.4 Å². The molecule has 0 fully saturated rings. The molecule has 3 aromatic carbocycles. The van der Waals surface area contributed by atoms with Crippen LogP contribution in [0.1, 0.15) is 27.0 Å². The minimum absolute atomic E-state index is 0.0738. The molecular formula is C22H14BrNO. The van der Waals surface area contributed by atoms with Crippen LogP contribution in [0.4, 0.5) is 5.69 Å². The number of ketones is 1. The molecule has 120 valence electrons. The molecule has 0 spiro atoms. The third kappa shape index (κ3) is 2.42. The second-order valence-electron chi connectivity index (χ2n) is 6.35. The molecule has 3 aromatic rings. The maximum absolute atomic E-state index is 12.9. The number of rotatable bonds is 1. The zero-order valence-electron chi connectivity index (χ0n) is 13.9. The summed E-state index contributed by atoms with van der Waals surface area (Å²) in [6, 6.07) is 15.6. The van der Waals surface area contributed by atoms with Gasteiger partial charge in [0, 0.05) is 15.6 Å². The van der Waals surface area contributed by atoms with Crippen LogP contribution in [0.3, 0.4) is 0 Å². The van der Waals surface area contributed by atoms with Crippen molar-refractivity contribution in [1.29, 1.82) is 0 Å². The normalized spacial score (nSPS) is 11.8. The summed E-state index contributed by atoms with van der Waals surface area (Å²) in [4.78, 5) is 16.3. The summed E-state index contributed by atoms with van der Waals surface area (Å²) < 4.78 is 0.957. The van der Waals surface area contributed by atoms with Gasteiger partial charge in [0.15, 0.2) is 11.5 Å². The Morgan fingerprint density at radius 3 is 2.04 bits per heavy atom. The van der Waals surface area contributed by atoms with Gasteiger partial charge in [-0.05, 0) is 65.4 Å². The summed E-state index contributed by atoms with van der Waals surface area (Å²) in [5, 5.41) is 0. The van der Waals surface area contributed by atoms with E-state index in [1.165, 1.54) is 0 Å². The highest BCUT2D eigenvalue weighted by atomic mass is 79.9. The SMILES string of the molecule is [C-]#[N+]c1ccc(-c2cc3c(cc2C)-c2cc(C)c(Br)cc2C3=O)cc1. The van der Waals surface area contributed by atoms with E-state index >= 15 is 0 Å². The molecule has 0 saturated heterocycles. The van der Waals surface area contributed by atoms with E-state index in [4.69, 9.17) is 6.57 Å². The van der Waals surface area contributed by atoms with E-state index in [1.807, 2.05) is 43.3 Å². The molecule has 0 heterocycles. The summed E-state index contributed by atoms with van der Waals surface area (Å²) in [7, 11) is 0. The molecule has 1 aliphatic carbocycles. The Morgan fingerprint density at radius 2 is 1.40 bits per heavy atom. The van der Waals surface area contributed by atoms with E-state index in [2.05, 4.69) is 39.8 Å². The molecule has 0 amide bonds. The number of nitrogens with zero attached hydrogens (tertiary/aromatic N) is 1. The van der Waals surface area contributed by atoms with E-state index in [9.17, 15) is 4.79 Å². The zero-order chi connectivity index (χ0) is 17.7. The van der Waals surface area contributed by atoms with Gasteiger partial charge in [-0.2, -0.15) is 0 Å². The highest BCUT2D eigenvalue weighted by Crippen LogP contribution is 2.42. The van der Waals surface area contributed by atoms with Crippen LogP contribution in [-0.4, -0.2) is 5.78 Å². The summed E-state index contributed by atoms with van der Waals surface area (Å²) in [6.07, 6.45) is 0. The molecule has 0 saturated carbocycles. The van der Waals surface area contributed by atoms with E-state index in [0.29, 0.717) is 5.69 Å². The van der Waals surface area contributed by atoms with E-state index in [-0.39, 0.29) is 5.78 Å². The van der Waals surface area contributed by atoms with Crippen LogP contribution >= 0.6 is 15.9 Å². The second-order valence-corrected chi connectivity index (χ2v) is 7.20. The second kappa shape index (κ2) is 5.68. The van der Waals surface area contributed by atoms with Gasteiger partial charge in [0.2, 0.25) is 0 Å². The van der Waals surface area contributed by atoms with Crippen molar-refractivity contribution in [2.75, 3.05) is 0 Å². The number of halogens is 1. The Labute approximate surface area is 155 Å². The van der Waals surface area contributed by atoms with E-state index in [1.54, 1.807) is 0 Å². The van der Waals surface area contributed by atoms with E-state index in [0.717, 1.165) is 49.0 Å². The van der Waals surface area contributed by atoms with Crippen molar-refractivity contribution in [1.82, 2.24) is 0 Å².